The van der Waals surface area contributed by atoms with E-state index in [1.165, 1.54) is 0 Å². The first-order valence-electron chi connectivity index (χ1n) is 9.23. The first-order chi connectivity index (χ1) is 13.4. The summed E-state index contributed by atoms with van der Waals surface area (Å²) in [6.07, 6.45) is 0.929. The third-order valence-electron chi connectivity index (χ3n) is 5.59. The van der Waals surface area contributed by atoms with Crippen molar-refractivity contribution in [3.05, 3.63) is 29.3 Å². The third kappa shape index (κ3) is 2.83. The number of hydrogen-bond acceptors (Lipinski definition) is 6. The molecule has 2 fully saturated rings. The number of amides is 5. The van der Waals surface area contributed by atoms with E-state index in [9.17, 15) is 24.0 Å². The highest BCUT2D eigenvalue weighted by atomic mass is 16.2. The number of rotatable bonds is 3. The molecule has 2 N–H and O–H groups in total. The summed E-state index contributed by atoms with van der Waals surface area (Å²) in [5, 5.41) is 4.83. The molecule has 3 aliphatic rings. The Morgan fingerprint density at radius 3 is 2.57 bits per heavy atom. The zero-order valence-electron chi connectivity index (χ0n) is 15.4. The van der Waals surface area contributed by atoms with Crippen molar-refractivity contribution in [3.63, 3.8) is 0 Å². The molecule has 0 bridgehead atoms. The largest absolute Gasteiger partial charge is 0.371 e. The molecule has 28 heavy (non-hydrogen) atoms. The Kier molecular flexibility index (Phi) is 4.37. The van der Waals surface area contributed by atoms with Crippen LogP contribution in [0.5, 0.6) is 0 Å². The molecule has 3 aliphatic heterocycles. The molecule has 5 amide bonds. The summed E-state index contributed by atoms with van der Waals surface area (Å²) >= 11 is 0. The van der Waals surface area contributed by atoms with Crippen LogP contribution in [-0.4, -0.2) is 60.6 Å². The summed E-state index contributed by atoms with van der Waals surface area (Å²) in [5.74, 6) is -2.21. The monoisotopic (exact) mass is 384 g/mol. The summed E-state index contributed by atoms with van der Waals surface area (Å²) in [6, 6.07) is 4.01. The van der Waals surface area contributed by atoms with Gasteiger partial charge in [-0.3, -0.25) is 34.2 Å². The predicted molar refractivity (Wildman–Crippen MR) is 97.5 cm³/mol. The minimum absolute atomic E-state index is 0.0149. The Labute approximate surface area is 161 Å². The number of hydrogen-bond donors (Lipinski definition) is 2. The number of nitrogens with zero attached hydrogens (tertiary/aromatic N) is 2. The molecule has 9 nitrogen and oxygen atoms in total. The van der Waals surface area contributed by atoms with Crippen molar-refractivity contribution in [1.29, 1.82) is 0 Å². The van der Waals surface area contributed by atoms with E-state index in [0.717, 1.165) is 10.6 Å². The van der Waals surface area contributed by atoms with Gasteiger partial charge in [-0.05, 0) is 31.0 Å². The number of piperidine rings is 1. The van der Waals surface area contributed by atoms with Gasteiger partial charge in [-0.15, -0.1) is 0 Å². The Morgan fingerprint density at radius 1 is 1.11 bits per heavy atom. The molecule has 3 heterocycles. The van der Waals surface area contributed by atoms with E-state index in [0.29, 0.717) is 19.5 Å². The van der Waals surface area contributed by atoms with E-state index < -0.39 is 29.7 Å². The fourth-order valence-electron chi connectivity index (χ4n) is 4.07. The Bertz CT molecular complexity index is 912. The second-order valence-corrected chi connectivity index (χ2v) is 7.22. The molecule has 4 rings (SSSR count). The fraction of sp³-hybridized carbons (Fsp3) is 0.421. The Morgan fingerprint density at radius 2 is 1.86 bits per heavy atom. The Balaban J connectivity index is 1.57. The molecule has 146 valence electrons. The summed E-state index contributed by atoms with van der Waals surface area (Å²) < 4.78 is 0. The van der Waals surface area contributed by atoms with Crippen LogP contribution < -0.4 is 15.5 Å². The van der Waals surface area contributed by atoms with Crippen molar-refractivity contribution in [2.45, 2.75) is 25.3 Å². The quantitative estimate of drug-likeness (QED) is 0.689. The van der Waals surface area contributed by atoms with Crippen LogP contribution in [0.15, 0.2) is 18.2 Å². The van der Waals surface area contributed by atoms with Gasteiger partial charge in [0.25, 0.3) is 11.8 Å². The summed E-state index contributed by atoms with van der Waals surface area (Å²) in [4.78, 5) is 63.9. The van der Waals surface area contributed by atoms with Gasteiger partial charge in [0, 0.05) is 32.2 Å². The lowest BCUT2D eigenvalue weighted by molar-refractivity contribution is -0.136. The van der Waals surface area contributed by atoms with Gasteiger partial charge in [0.2, 0.25) is 17.7 Å². The van der Waals surface area contributed by atoms with Gasteiger partial charge in [0.05, 0.1) is 17.0 Å². The molecule has 0 aliphatic carbocycles. The number of imide groups is 2. The number of nitrogens with one attached hydrogen (secondary N) is 2. The highest BCUT2D eigenvalue weighted by Crippen LogP contribution is 2.32. The van der Waals surface area contributed by atoms with Crippen molar-refractivity contribution in [3.8, 4) is 0 Å². The van der Waals surface area contributed by atoms with E-state index in [1.807, 2.05) is 4.90 Å². The molecular weight excluding hydrogens is 364 g/mol. The maximum Gasteiger partial charge on any atom is 0.262 e. The van der Waals surface area contributed by atoms with Crippen molar-refractivity contribution < 1.29 is 24.0 Å². The van der Waals surface area contributed by atoms with Crippen molar-refractivity contribution >= 4 is 35.2 Å². The van der Waals surface area contributed by atoms with Crippen molar-refractivity contribution in [2.24, 2.45) is 5.92 Å². The van der Waals surface area contributed by atoms with Crippen molar-refractivity contribution in [2.75, 3.05) is 25.0 Å². The first-order valence-corrected chi connectivity index (χ1v) is 9.23. The maximum atomic E-state index is 12.9. The lowest BCUT2D eigenvalue weighted by Crippen LogP contribution is -2.54. The SMILES string of the molecule is CNC(=O)C1CCN(c2ccc3c(c2)C(=O)N(C2CCC(=O)NC2=O)C3=O)C1. The fourth-order valence-corrected chi connectivity index (χ4v) is 4.07. The van der Waals surface area contributed by atoms with E-state index in [4.69, 9.17) is 0 Å². The van der Waals surface area contributed by atoms with Gasteiger partial charge in [-0.25, -0.2) is 0 Å². The van der Waals surface area contributed by atoms with Crippen LogP contribution in [0.3, 0.4) is 0 Å². The molecular formula is C19H20N4O5. The smallest absolute Gasteiger partial charge is 0.262 e. The minimum atomic E-state index is -0.974. The predicted octanol–water partition coefficient (Wildman–Crippen LogP) is -0.340. The van der Waals surface area contributed by atoms with Crippen LogP contribution in [0.4, 0.5) is 5.69 Å². The lowest BCUT2D eigenvalue weighted by Gasteiger charge is -2.27. The second kappa shape index (κ2) is 6.74. The van der Waals surface area contributed by atoms with Crippen LogP contribution in [-0.2, 0) is 14.4 Å². The van der Waals surface area contributed by atoms with Crippen LogP contribution in [0, 0.1) is 5.92 Å². The molecule has 0 saturated carbocycles. The zero-order chi connectivity index (χ0) is 20.0. The third-order valence-corrected chi connectivity index (χ3v) is 5.59. The molecule has 0 spiro atoms. The van der Waals surface area contributed by atoms with Gasteiger partial charge in [-0.2, -0.15) is 0 Å². The maximum absolute atomic E-state index is 12.9. The standard InChI is InChI=1S/C19H20N4O5/c1-20-16(25)10-6-7-22(9-10)11-2-3-12-13(8-11)19(28)23(18(12)27)14-4-5-15(24)21-17(14)26/h2-3,8,10,14H,4-7,9H2,1H3,(H,20,25)(H,21,24,26). The topological polar surface area (TPSA) is 116 Å². The minimum Gasteiger partial charge on any atom is -0.371 e. The summed E-state index contributed by atoms with van der Waals surface area (Å²) in [7, 11) is 1.61. The average molecular weight is 384 g/mol. The normalized spacial score (nSPS) is 24.5. The number of anilines is 1. The summed E-state index contributed by atoms with van der Waals surface area (Å²) in [6.45, 7) is 1.22. The van der Waals surface area contributed by atoms with Crippen LogP contribution in [0.2, 0.25) is 0 Å². The van der Waals surface area contributed by atoms with Gasteiger partial charge < -0.3 is 10.2 Å². The van der Waals surface area contributed by atoms with E-state index in [2.05, 4.69) is 10.6 Å². The van der Waals surface area contributed by atoms with Gasteiger partial charge in [0.15, 0.2) is 0 Å². The van der Waals surface area contributed by atoms with Gasteiger partial charge >= 0.3 is 0 Å². The molecule has 2 atom stereocenters. The van der Waals surface area contributed by atoms with E-state index >= 15 is 0 Å². The highest BCUT2D eigenvalue weighted by molar-refractivity contribution is 6.23. The van der Waals surface area contributed by atoms with E-state index in [1.54, 1.807) is 25.2 Å². The van der Waals surface area contributed by atoms with Crippen LogP contribution in [0.1, 0.15) is 40.0 Å². The number of carbonyl (C=O) groups is 5. The van der Waals surface area contributed by atoms with Gasteiger partial charge in [0.1, 0.15) is 6.04 Å². The molecule has 0 radical (unpaired) electrons. The molecule has 2 saturated heterocycles. The number of fused-ring (bicyclic) bond motifs is 1. The average Bonchev–Trinajstić information content (AvgIpc) is 3.26. The number of carbonyl (C=O) groups excluding carboxylic acids is 5. The van der Waals surface area contributed by atoms with Crippen LogP contribution >= 0.6 is 0 Å². The summed E-state index contributed by atoms with van der Waals surface area (Å²) in [5.41, 5.74) is 1.26. The molecule has 2 unspecified atom stereocenters. The molecule has 1 aromatic rings. The zero-order valence-corrected chi connectivity index (χ0v) is 15.4. The molecule has 1 aromatic carbocycles. The number of benzene rings is 1. The van der Waals surface area contributed by atoms with E-state index in [-0.39, 0.29) is 35.8 Å². The lowest BCUT2D eigenvalue weighted by atomic mass is 10.0. The van der Waals surface area contributed by atoms with Crippen molar-refractivity contribution in [1.82, 2.24) is 15.5 Å². The molecule has 0 aromatic heterocycles. The first kappa shape index (κ1) is 18.1. The molecule has 9 heteroatoms. The van der Waals surface area contributed by atoms with Gasteiger partial charge in [-0.1, -0.05) is 0 Å². The second-order valence-electron chi connectivity index (χ2n) is 7.22. The van der Waals surface area contributed by atoms with Crippen LogP contribution in [0.25, 0.3) is 0 Å². The Hall–Kier alpha value is -3.23. The highest BCUT2D eigenvalue weighted by Gasteiger charge is 2.44.